The summed E-state index contributed by atoms with van der Waals surface area (Å²) in [6.45, 7) is 2.30. The Morgan fingerprint density at radius 2 is 1.88 bits per heavy atom. The van der Waals surface area contributed by atoms with E-state index in [9.17, 15) is 14.9 Å². The Hall–Kier alpha value is -3.27. The van der Waals surface area contributed by atoms with Crippen LogP contribution in [0.1, 0.15) is 54.9 Å². The molecule has 9 nitrogen and oxygen atoms in total. The second kappa shape index (κ2) is 9.07. The number of non-ortho nitro benzene ring substituents is 1. The molecule has 32 heavy (non-hydrogen) atoms. The van der Waals surface area contributed by atoms with Gasteiger partial charge < -0.3 is 5.32 Å². The monoisotopic (exact) mass is 452 g/mol. The fourth-order valence-corrected chi connectivity index (χ4v) is 4.92. The van der Waals surface area contributed by atoms with Crippen molar-refractivity contribution in [2.45, 2.75) is 54.5 Å². The third-order valence-corrected chi connectivity index (χ3v) is 7.10. The lowest BCUT2D eigenvalue weighted by Crippen LogP contribution is -2.24. The molecule has 1 aliphatic rings. The normalized spacial score (nSPS) is 15.3. The summed E-state index contributed by atoms with van der Waals surface area (Å²) in [4.78, 5) is 24.3. The van der Waals surface area contributed by atoms with Gasteiger partial charge >= 0.3 is 0 Å². The average Bonchev–Trinajstić information content (AvgIpc) is 3.19. The molecule has 0 unspecified atom stereocenters. The Labute approximate surface area is 189 Å². The molecule has 0 spiro atoms. The predicted molar refractivity (Wildman–Crippen MR) is 121 cm³/mol. The third kappa shape index (κ3) is 4.64. The Morgan fingerprint density at radius 1 is 1.16 bits per heavy atom. The topological polar surface area (TPSA) is 116 Å². The van der Waals surface area contributed by atoms with E-state index in [2.05, 4.69) is 39.9 Å². The molecular weight excluding hydrogens is 428 g/mol. The lowest BCUT2D eigenvalue weighted by molar-refractivity contribution is -0.384. The first-order valence-electron chi connectivity index (χ1n) is 10.5. The Kier molecular flexibility index (Phi) is 6.22. The molecular formula is C22H24N6O3S. The Morgan fingerprint density at radius 3 is 2.50 bits per heavy atom. The number of rotatable bonds is 6. The number of carbonyl (C=O) groups excluding carboxylic acids is 1. The molecule has 1 saturated carbocycles. The van der Waals surface area contributed by atoms with Gasteiger partial charge in [0.2, 0.25) is 5.16 Å². The first kappa shape index (κ1) is 21.9. The minimum absolute atomic E-state index is 0.156. The molecule has 1 fully saturated rings. The van der Waals surface area contributed by atoms with Gasteiger partial charge in [-0.05, 0) is 64.2 Å². The van der Waals surface area contributed by atoms with Gasteiger partial charge in [0.25, 0.3) is 11.6 Å². The smallest absolute Gasteiger partial charge is 0.270 e. The summed E-state index contributed by atoms with van der Waals surface area (Å²) in [6.07, 6.45) is 6.11. The standard InChI is InChI=1S/C22H24N6O3S/c1-22(12-4-3-5-13-22)15-6-8-16(9-7-15)23-20(29)18-14-17(28(30)31)10-11-19(18)32-21-24-25-26-27(21)2/h6-11,14H,3-5,12-13H2,1-2H3,(H,23,29). The van der Waals surface area contributed by atoms with Crippen LogP contribution in [-0.2, 0) is 12.5 Å². The molecule has 0 radical (unpaired) electrons. The van der Waals surface area contributed by atoms with E-state index in [1.54, 1.807) is 13.1 Å². The molecule has 1 N–H and O–H groups in total. The lowest BCUT2D eigenvalue weighted by atomic mass is 9.71. The van der Waals surface area contributed by atoms with Crippen LogP contribution in [0, 0.1) is 10.1 Å². The van der Waals surface area contributed by atoms with Crippen molar-refractivity contribution in [1.82, 2.24) is 20.2 Å². The van der Waals surface area contributed by atoms with E-state index >= 15 is 0 Å². The zero-order valence-electron chi connectivity index (χ0n) is 17.9. The van der Waals surface area contributed by atoms with Crippen LogP contribution in [0.3, 0.4) is 0 Å². The Balaban J connectivity index is 1.57. The van der Waals surface area contributed by atoms with Crippen LogP contribution in [-0.4, -0.2) is 31.0 Å². The summed E-state index contributed by atoms with van der Waals surface area (Å²) in [5, 5.41) is 25.9. The fraction of sp³-hybridized carbons (Fsp3) is 0.364. The molecule has 0 aliphatic heterocycles. The highest BCUT2D eigenvalue weighted by Crippen LogP contribution is 2.39. The minimum atomic E-state index is -0.519. The molecule has 1 heterocycles. The van der Waals surface area contributed by atoms with Gasteiger partial charge in [-0.1, -0.05) is 38.3 Å². The van der Waals surface area contributed by atoms with E-state index in [-0.39, 0.29) is 16.7 Å². The highest BCUT2D eigenvalue weighted by atomic mass is 32.2. The minimum Gasteiger partial charge on any atom is -0.322 e. The van der Waals surface area contributed by atoms with Crippen LogP contribution in [0.4, 0.5) is 11.4 Å². The van der Waals surface area contributed by atoms with Crippen LogP contribution in [0.5, 0.6) is 0 Å². The number of nitrogens with zero attached hydrogens (tertiary/aromatic N) is 5. The summed E-state index contributed by atoms with van der Waals surface area (Å²) in [5.41, 5.74) is 2.12. The largest absolute Gasteiger partial charge is 0.322 e. The molecule has 4 rings (SSSR count). The number of hydrogen-bond donors (Lipinski definition) is 1. The van der Waals surface area contributed by atoms with Gasteiger partial charge in [0.05, 0.1) is 10.5 Å². The maximum Gasteiger partial charge on any atom is 0.270 e. The summed E-state index contributed by atoms with van der Waals surface area (Å²) >= 11 is 1.17. The number of hydrogen-bond acceptors (Lipinski definition) is 7. The zero-order chi connectivity index (χ0) is 22.7. The van der Waals surface area contributed by atoms with Gasteiger partial charge in [-0.2, -0.15) is 0 Å². The molecule has 2 aromatic carbocycles. The van der Waals surface area contributed by atoms with Crippen LogP contribution in [0.25, 0.3) is 0 Å². The van der Waals surface area contributed by atoms with E-state index < -0.39 is 10.8 Å². The number of benzene rings is 2. The van der Waals surface area contributed by atoms with Crippen molar-refractivity contribution in [2.75, 3.05) is 5.32 Å². The molecule has 166 valence electrons. The summed E-state index contributed by atoms with van der Waals surface area (Å²) in [7, 11) is 1.68. The maximum absolute atomic E-state index is 13.1. The number of anilines is 1. The molecule has 1 amide bonds. The van der Waals surface area contributed by atoms with Gasteiger partial charge in [0, 0.05) is 29.8 Å². The number of tetrazole rings is 1. The maximum atomic E-state index is 13.1. The predicted octanol–water partition coefficient (Wildman–Crippen LogP) is 4.74. The third-order valence-electron chi connectivity index (χ3n) is 6.00. The number of amides is 1. The van der Waals surface area contributed by atoms with Gasteiger partial charge in [-0.3, -0.25) is 14.9 Å². The van der Waals surface area contributed by atoms with E-state index in [0.29, 0.717) is 15.7 Å². The van der Waals surface area contributed by atoms with Crippen molar-refractivity contribution in [2.24, 2.45) is 7.05 Å². The molecule has 1 aliphatic carbocycles. The van der Waals surface area contributed by atoms with Crippen LogP contribution >= 0.6 is 11.8 Å². The van der Waals surface area contributed by atoms with Gasteiger partial charge in [-0.25, -0.2) is 4.68 Å². The van der Waals surface area contributed by atoms with Crippen molar-refractivity contribution < 1.29 is 9.72 Å². The second-order valence-corrected chi connectivity index (χ2v) is 9.29. The van der Waals surface area contributed by atoms with Crippen molar-refractivity contribution >= 4 is 29.0 Å². The zero-order valence-corrected chi connectivity index (χ0v) is 18.8. The number of carbonyl (C=O) groups is 1. The number of nitro benzene ring substituents is 1. The molecule has 0 bridgehead atoms. The quantitative estimate of drug-likeness (QED) is 0.424. The summed E-state index contributed by atoms with van der Waals surface area (Å²) < 4.78 is 1.47. The molecule has 0 atom stereocenters. The SMILES string of the molecule is Cn1nnnc1Sc1ccc([N+](=O)[O-])cc1C(=O)Nc1ccc(C2(C)CCCCC2)cc1. The molecule has 1 aromatic heterocycles. The van der Waals surface area contributed by atoms with Crippen LogP contribution in [0.15, 0.2) is 52.5 Å². The van der Waals surface area contributed by atoms with E-state index in [4.69, 9.17) is 0 Å². The van der Waals surface area contributed by atoms with Crippen LogP contribution in [0.2, 0.25) is 0 Å². The first-order valence-corrected chi connectivity index (χ1v) is 11.3. The van der Waals surface area contributed by atoms with Crippen molar-refractivity contribution in [1.29, 1.82) is 0 Å². The summed E-state index contributed by atoms with van der Waals surface area (Å²) in [5.74, 6) is -0.428. The Bertz CT molecular complexity index is 1140. The lowest BCUT2D eigenvalue weighted by Gasteiger charge is -2.34. The van der Waals surface area contributed by atoms with Gasteiger partial charge in [0.15, 0.2) is 0 Å². The first-order chi connectivity index (χ1) is 15.4. The van der Waals surface area contributed by atoms with Crippen molar-refractivity contribution in [3.05, 3.63) is 63.7 Å². The number of nitro groups is 1. The van der Waals surface area contributed by atoms with Crippen LogP contribution < -0.4 is 5.32 Å². The molecule has 0 saturated heterocycles. The molecule has 10 heteroatoms. The van der Waals surface area contributed by atoms with Gasteiger partial charge in [-0.15, -0.1) is 5.10 Å². The number of aryl methyl sites for hydroxylation is 1. The van der Waals surface area contributed by atoms with E-state index in [0.717, 1.165) is 0 Å². The van der Waals surface area contributed by atoms with Gasteiger partial charge in [0.1, 0.15) is 0 Å². The number of nitrogens with one attached hydrogen (secondary N) is 1. The highest BCUT2D eigenvalue weighted by molar-refractivity contribution is 7.99. The fourth-order valence-electron chi connectivity index (χ4n) is 4.08. The highest BCUT2D eigenvalue weighted by Gasteiger charge is 2.28. The van der Waals surface area contributed by atoms with Crippen molar-refractivity contribution in [3.63, 3.8) is 0 Å². The number of aromatic nitrogens is 4. The summed E-state index contributed by atoms with van der Waals surface area (Å²) in [6, 6.07) is 12.1. The molecule has 3 aromatic rings. The average molecular weight is 453 g/mol. The van der Waals surface area contributed by atoms with E-state index in [1.807, 2.05) is 12.1 Å². The van der Waals surface area contributed by atoms with Crippen molar-refractivity contribution in [3.8, 4) is 0 Å². The van der Waals surface area contributed by atoms with E-state index in [1.165, 1.54) is 66.2 Å². The second-order valence-electron chi connectivity index (χ2n) is 8.28.